The van der Waals surface area contributed by atoms with Crippen molar-refractivity contribution in [3.8, 4) is 5.75 Å². The fourth-order valence-electron chi connectivity index (χ4n) is 1.99. The third kappa shape index (κ3) is 3.30. The van der Waals surface area contributed by atoms with Gasteiger partial charge >= 0.3 is 5.97 Å². The Morgan fingerprint density at radius 3 is 2.75 bits per heavy atom. The SMILES string of the molecule is CCOCC(C)(C)Oc1ccc2[nH]c(C(=O)O)cc2c1. The van der Waals surface area contributed by atoms with Gasteiger partial charge in [-0.05, 0) is 45.0 Å². The Morgan fingerprint density at radius 1 is 1.35 bits per heavy atom. The minimum Gasteiger partial charge on any atom is -0.485 e. The summed E-state index contributed by atoms with van der Waals surface area (Å²) in [4.78, 5) is 13.8. The molecule has 1 aromatic carbocycles. The van der Waals surface area contributed by atoms with E-state index < -0.39 is 11.6 Å². The number of H-pyrrole nitrogens is 1. The van der Waals surface area contributed by atoms with Gasteiger partial charge < -0.3 is 19.6 Å². The van der Waals surface area contributed by atoms with Crippen molar-refractivity contribution in [2.24, 2.45) is 0 Å². The van der Waals surface area contributed by atoms with Gasteiger partial charge in [-0.1, -0.05) is 0 Å². The number of hydrogen-bond acceptors (Lipinski definition) is 3. The number of benzene rings is 1. The Kier molecular flexibility index (Phi) is 3.99. The van der Waals surface area contributed by atoms with Crippen molar-refractivity contribution in [3.63, 3.8) is 0 Å². The minimum atomic E-state index is -0.972. The van der Waals surface area contributed by atoms with Gasteiger partial charge in [0.1, 0.15) is 17.0 Å². The van der Waals surface area contributed by atoms with Crippen molar-refractivity contribution in [2.45, 2.75) is 26.4 Å². The highest BCUT2D eigenvalue weighted by atomic mass is 16.5. The number of hydrogen-bond donors (Lipinski definition) is 2. The lowest BCUT2D eigenvalue weighted by Crippen LogP contribution is -2.34. The molecule has 0 atom stereocenters. The first-order valence-electron chi connectivity index (χ1n) is 6.54. The number of rotatable bonds is 6. The minimum absolute atomic E-state index is 0.172. The van der Waals surface area contributed by atoms with Crippen LogP contribution in [0.2, 0.25) is 0 Å². The number of aromatic carboxylic acids is 1. The van der Waals surface area contributed by atoms with E-state index in [1.165, 1.54) is 0 Å². The van der Waals surface area contributed by atoms with Crippen LogP contribution >= 0.6 is 0 Å². The quantitative estimate of drug-likeness (QED) is 0.851. The lowest BCUT2D eigenvalue weighted by atomic mass is 10.1. The van der Waals surface area contributed by atoms with Crippen molar-refractivity contribution >= 4 is 16.9 Å². The van der Waals surface area contributed by atoms with Gasteiger partial charge in [-0.25, -0.2) is 4.79 Å². The maximum absolute atomic E-state index is 10.9. The first-order valence-corrected chi connectivity index (χ1v) is 6.54. The van der Waals surface area contributed by atoms with Gasteiger partial charge in [-0.15, -0.1) is 0 Å². The van der Waals surface area contributed by atoms with Crippen LogP contribution in [0.1, 0.15) is 31.3 Å². The standard InChI is InChI=1S/C15H19NO4/c1-4-19-9-15(2,3)20-11-5-6-12-10(7-11)8-13(16-12)14(17)18/h5-8,16H,4,9H2,1-3H3,(H,17,18). The summed E-state index contributed by atoms with van der Waals surface area (Å²) < 4.78 is 11.3. The molecule has 5 heteroatoms. The van der Waals surface area contributed by atoms with Crippen LogP contribution in [0.5, 0.6) is 5.75 Å². The number of aromatic nitrogens is 1. The van der Waals surface area contributed by atoms with Gasteiger partial charge in [0.15, 0.2) is 0 Å². The number of carboxylic acids is 1. The molecule has 0 saturated heterocycles. The summed E-state index contributed by atoms with van der Waals surface area (Å²) >= 11 is 0. The fourth-order valence-corrected chi connectivity index (χ4v) is 1.99. The average Bonchev–Trinajstić information content (AvgIpc) is 2.79. The van der Waals surface area contributed by atoms with Crippen LogP contribution < -0.4 is 4.74 Å². The van der Waals surface area contributed by atoms with Crippen LogP contribution in [-0.2, 0) is 4.74 Å². The molecule has 1 aromatic heterocycles. The second-order valence-corrected chi connectivity index (χ2v) is 5.24. The molecule has 108 valence electrons. The summed E-state index contributed by atoms with van der Waals surface area (Å²) in [7, 11) is 0. The summed E-state index contributed by atoms with van der Waals surface area (Å²) in [6.07, 6.45) is 0. The van der Waals surface area contributed by atoms with E-state index in [9.17, 15) is 4.79 Å². The molecule has 2 aromatic rings. The van der Waals surface area contributed by atoms with E-state index in [1.807, 2.05) is 39.0 Å². The third-order valence-corrected chi connectivity index (χ3v) is 2.87. The summed E-state index contributed by atoms with van der Waals surface area (Å²) in [5.74, 6) is -0.279. The highest BCUT2D eigenvalue weighted by Crippen LogP contribution is 2.25. The maximum atomic E-state index is 10.9. The Labute approximate surface area is 117 Å². The molecule has 0 fully saturated rings. The van der Waals surface area contributed by atoms with Crippen LogP contribution in [0.3, 0.4) is 0 Å². The number of carboxylic acid groups (broad SMARTS) is 1. The van der Waals surface area contributed by atoms with Gasteiger partial charge in [-0.2, -0.15) is 0 Å². The molecular formula is C15H19NO4. The van der Waals surface area contributed by atoms with Crippen molar-refractivity contribution in [2.75, 3.05) is 13.2 Å². The molecule has 0 amide bonds. The van der Waals surface area contributed by atoms with E-state index >= 15 is 0 Å². The number of nitrogens with one attached hydrogen (secondary N) is 1. The van der Waals surface area contributed by atoms with Gasteiger partial charge in [0, 0.05) is 17.5 Å². The third-order valence-electron chi connectivity index (χ3n) is 2.87. The summed E-state index contributed by atoms with van der Waals surface area (Å²) in [5, 5.41) is 9.77. The highest BCUT2D eigenvalue weighted by molar-refractivity contribution is 5.94. The van der Waals surface area contributed by atoms with E-state index in [-0.39, 0.29) is 5.69 Å². The van der Waals surface area contributed by atoms with E-state index in [0.29, 0.717) is 19.0 Å². The zero-order valence-corrected chi connectivity index (χ0v) is 11.9. The van der Waals surface area contributed by atoms with Gasteiger partial charge in [0.05, 0.1) is 6.61 Å². The van der Waals surface area contributed by atoms with Crippen LogP contribution in [0.4, 0.5) is 0 Å². The lowest BCUT2D eigenvalue weighted by molar-refractivity contribution is 0.00121. The monoisotopic (exact) mass is 277 g/mol. The zero-order valence-electron chi connectivity index (χ0n) is 11.9. The summed E-state index contributed by atoms with van der Waals surface area (Å²) in [5.41, 5.74) is 0.512. The Balaban J connectivity index is 2.21. The van der Waals surface area contributed by atoms with E-state index in [1.54, 1.807) is 6.07 Å². The van der Waals surface area contributed by atoms with E-state index in [4.69, 9.17) is 14.6 Å². The second-order valence-electron chi connectivity index (χ2n) is 5.24. The average molecular weight is 277 g/mol. The number of aromatic amines is 1. The van der Waals surface area contributed by atoms with E-state index in [0.717, 1.165) is 10.9 Å². The van der Waals surface area contributed by atoms with Gasteiger partial charge in [-0.3, -0.25) is 0 Å². The number of carbonyl (C=O) groups is 1. The topological polar surface area (TPSA) is 71.5 Å². The lowest BCUT2D eigenvalue weighted by Gasteiger charge is -2.26. The highest BCUT2D eigenvalue weighted by Gasteiger charge is 2.20. The normalized spacial score (nSPS) is 11.8. The maximum Gasteiger partial charge on any atom is 0.352 e. The molecule has 0 aliphatic rings. The predicted molar refractivity (Wildman–Crippen MR) is 76.5 cm³/mol. The number of ether oxygens (including phenoxy) is 2. The smallest absolute Gasteiger partial charge is 0.352 e. The predicted octanol–water partition coefficient (Wildman–Crippen LogP) is 3.06. The van der Waals surface area contributed by atoms with Crippen LogP contribution in [-0.4, -0.2) is 34.9 Å². The number of fused-ring (bicyclic) bond motifs is 1. The van der Waals surface area contributed by atoms with Crippen LogP contribution in [0, 0.1) is 0 Å². The summed E-state index contributed by atoms with van der Waals surface area (Å²) in [6.45, 7) is 6.98. The Morgan fingerprint density at radius 2 is 2.10 bits per heavy atom. The Hall–Kier alpha value is -2.01. The first kappa shape index (κ1) is 14.4. The molecule has 2 rings (SSSR count). The largest absolute Gasteiger partial charge is 0.485 e. The molecule has 0 bridgehead atoms. The van der Waals surface area contributed by atoms with Crippen molar-refractivity contribution in [1.82, 2.24) is 4.98 Å². The van der Waals surface area contributed by atoms with Crippen LogP contribution in [0.25, 0.3) is 10.9 Å². The molecule has 5 nitrogen and oxygen atoms in total. The van der Waals surface area contributed by atoms with E-state index in [2.05, 4.69) is 4.98 Å². The second kappa shape index (κ2) is 5.54. The van der Waals surface area contributed by atoms with Gasteiger partial charge in [0.25, 0.3) is 0 Å². The zero-order chi connectivity index (χ0) is 14.8. The Bertz CT molecular complexity index is 615. The summed E-state index contributed by atoms with van der Waals surface area (Å²) in [6, 6.07) is 7.05. The first-order chi connectivity index (χ1) is 9.41. The van der Waals surface area contributed by atoms with Crippen molar-refractivity contribution < 1.29 is 19.4 Å². The molecule has 0 aliphatic carbocycles. The van der Waals surface area contributed by atoms with Gasteiger partial charge in [0.2, 0.25) is 0 Å². The fraction of sp³-hybridized carbons (Fsp3) is 0.400. The van der Waals surface area contributed by atoms with Crippen LogP contribution in [0.15, 0.2) is 24.3 Å². The molecule has 2 N–H and O–H groups in total. The molecule has 0 radical (unpaired) electrons. The molecule has 1 heterocycles. The van der Waals surface area contributed by atoms with Crippen molar-refractivity contribution in [3.05, 3.63) is 30.0 Å². The molecular weight excluding hydrogens is 258 g/mol. The molecule has 0 unspecified atom stereocenters. The van der Waals surface area contributed by atoms with Crippen molar-refractivity contribution in [1.29, 1.82) is 0 Å². The molecule has 0 spiro atoms. The molecule has 0 saturated carbocycles. The molecule has 20 heavy (non-hydrogen) atoms. The molecule has 0 aliphatic heterocycles.